The molecule has 0 aromatic heterocycles. The van der Waals surface area contributed by atoms with E-state index in [0.717, 1.165) is 13.0 Å². The summed E-state index contributed by atoms with van der Waals surface area (Å²) in [5.41, 5.74) is -0.251. The monoisotopic (exact) mass is 259 g/mol. The third-order valence-corrected chi connectivity index (χ3v) is 3.30. The highest BCUT2D eigenvalue weighted by Crippen LogP contribution is 2.40. The SMILES string of the molecule is CCCOCCOCC(CO)(NC(C)C)C1CC1. The number of hydrogen-bond acceptors (Lipinski definition) is 4. The fourth-order valence-electron chi connectivity index (χ4n) is 2.33. The van der Waals surface area contributed by atoms with Crippen molar-refractivity contribution in [1.29, 1.82) is 0 Å². The molecule has 0 radical (unpaired) electrons. The predicted octanol–water partition coefficient (Wildman–Crippen LogP) is 1.57. The summed E-state index contributed by atoms with van der Waals surface area (Å²) in [5.74, 6) is 0.557. The maximum atomic E-state index is 9.70. The van der Waals surface area contributed by atoms with E-state index >= 15 is 0 Å². The topological polar surface area (TPSA) is 50.7 Å². The first-order valence-corrected chi connectivity index (χ1v) is 7.18. The molecule has 1 aliphatic rings. The molecule has 0 amide bonds. The van der Waals surface area contributed by atoms with Gasteiger partial charge in [0.05, 0.1) is 32.0 Å². The summed E-state index contributed by atoms with van der Waals surface area (Å²) in [7, 11) is 0. The molecule has 2 N–H and O–H groups in total. The van der Waals surface area contributed by atoms with Crippen molar-refractivity contribution in [1.82, 2.24) is 5.32 Å². The van der Waals surface area contributed by atoms with Gasteiger partial charge in [-0.05, 0) is 25.2 Å². The van der Waals surface area contributed by atoms with Gasteiger partial charge in [0.15, 0.2) is 0 Å². The van der Waals surface area contributed by atoms with Gasteiger partial charge in [-0.25, -0.2) is 0 Å². The molecule has 0 spiro atoms. The lowest BCUT2D eigenvalue weighted by Crippen LogP contribution is -2.56. The molecule has 0 saturated heterocycles. The quantitative estimate of drug-likeness (QED) is 0.553. The molecule has 4 nitrogen and oxygen atoms in total. The van der Waals surface area contributed by atoms with Gasteiger partial charge in [0.2, 0.25) is 0 Å². The summed E-state index contributed by atoms with van der Waals surface area (Å²) in [6.45, 7) is 9.07. The zero-order valence-corrected chi connectivity index (χ0v) is 12.1. The Morgan fingerprint density at radius 3 is 2.39 bits per heavy atom. The Morgan fingerprint density at radius 2 is 1.89 bits per heavy atom. The van der Waals surface area contributed by atoms with Gasteiger partial charge in [0.25, 0.3) is 0 Å². The largest absolute Gasteiger partial charge is 0.394 e. The van der Waals surface area contributed by atoms with E-state index in [1.807, 2.05) is 0 Å². The molecule has 18 heavy (non-hydrogen) atoms. The van der Waals surface area contributed by atoms with Crippen LogP contribution in [-0.2, 0) is 9.47 Å². The third-order valence-electron chi connectivity index (χ3n) is 3.30. The van der Waals surface area contributed by atoms with Gasteiger partial charge in [-0.1, -0.05) is 20.8 Å². The van der Waals surface area contributed by atoms with Crippen molar-refractivity contribution in [3.8, 4) is 0 Å². The Balaban J connectivity index is 2.27. The van der Waals surface area contributed by atoms with Crippen molar-refractivity contribution in [3.05, 3.63) is 0 Å². The minimum atomic E-state index is -0.251. The summed E-state index contributed by atoms with van der Waals surface area (Å²) >= 11 is 0. The van der Waals surface area contributed by atoms with Crippen LogP contribution in [0.2, 0.25) is 0 Å². The van der Waals surface area contributed by atoms with Gasteiger partial charge in [-0.15, -0.1) is 0 Å². The zero-order chi connectivity index (χ0) is 13.4. The minimum Gasteiger partial charge on any atom is -0.394 e. The molecule has 1 aliphatic carbocycles. The van der Waals surface area contributed by atoms with Crippen LogP contribution >= 0.6 is 0 Å². The van der Waals surface area contributed by atoms with Crippen LogP contribution in [0.5, 0.6) is 0 Å². The molecule has 1 rings (SSSR count). The van der Waals surface area contributed by atoms with Crippen LogP contribution < -0.4 is 5.32 Å². The first-order valence-electron chi connectivity index (χ1n) is 7.18. The standard InChI is InChI=1S/C14H29NO3/c1-4-7-17-8-9-18-11-14(10-16,13-5-6-13)15-12(2)3/h12-13,15-16H,4-11H2,1-3H3. The van der Waals surface area contributed by atoms with Crippen molar-refractivity contribution in [2.45, 2.75) is 51.6 Å². The van der Waals surface area contributed by atoms with E-state index in [9.17, 15) is 5.11 Å². The molecule has 0 bridgehead atoms. The fraction of sp³-hybridized carbons (Fsp3) is 1.00. The van der Waals surface area contributed by atoms with E-state index in [4.69, 9.17) is 9.47 Å². The molecule has 1 saturated carbocycles. The minimum absolute atomic E-state index is 0.145. The number of hydrogen-bond donors (Lipinski definition) is 2. The Hall–Kier alpha value is -0.160. The first-order chi connectivity index (χ1) is 8.64. The molecular formula is C14H29NO3. The Kier molecular flexibility index (Phi) is 7.15. The zero-order valence-electron chi connectivity index (χ0n) is 12.1. The average Bonchev–Trinajstić information content (AvgIpc) is 3.16. The van der Waals surface area contributed by atoms with E-state index in [1.54, 1.807) is 0 Å². The summed E-state index contributed by atoms with van der Waals surface area (Å²) in [6, 6.07) is 0.359. The van der Waals surface area contributed by atoms with E-state index < -0.39 is 0 Å². The van der Waals surface area contributed by atoms with Crippen molar-refractivity contribution >= 4 is 0 Å². The molecule has 1 unspecified atom stereocenters. The molecular weight excluding hydrogens is 230 g/mol. The van der Waals surface area contributed by atoms with Crippen LogP contribution in [0.1, 0.15) is 40.0 Å². The molecule has 108 valence electrons. The van der Waals surface area contributed by atoms with Gasteiger partial charge in [0.1, 0.15) is 0 Å². The summed E-state index contributed by atoms with van der Waals surface area (Å²) < 4.78 is 11.1. The molecule has 4 heteroatoms. The van der Waals surface area contributed by atoms with Crippen LogP contribution in [0.15, 0.2) is 0 Å². The fourth-order valence-corrected chi connectivity index (χ4v) is 2.33. The van der Waals surface area contributed by atoms with E-state index in [2.05, 4.69) is 26.1 Å². The van der Waals surface area contributed by atoms with Crippen LogP contribution in [-0.4, -0.2) is 49.7 Å². The second-order valence-corrected chi connectivity index (χ2v) is 5.55. The van der Waals surface area contributed by atoms with Crippen molar-refractivity contribution < 1.29 is 14.6 Å². The lowest BCUT2D eigenvalue weighted by Gasteiger charge is -2.35. The van der Waals surface area contributed by atoms with Gasteiger partial charge in [-0.2, -0.15) is 0 Å². The van der Waals surface area contributed by atoms with Crippen molar-refractivity contribution in [2.24, 2.45) is 5.92 Å². The first kappa shape index (κ1) is 15.9. The van der Waals surface area contributed by atoms with Gasteiger partial charge >= 0.3 is 0 Å². The maximum Gasteiger partial charge on any atom is 0.0701 e. The van der Waals surface area contributed by atoms with Crippen LogP contribution in [0, 0.1) is 5.92 Å². The average molecular weight is 259 g/mol. The normalized spacial score (nSPS) is 19.2. The number of nitrogens with one attached hydrogen (secondary N) is 1. The summed E-state index contributed by atoms with van der Waals surface area (Å²) in [4.78, 5) is 0. The molecule has 0 heterocycles. The lowest BCUT2D eigenvalue weighted by molar-refractivity contribution is -0.00705. The second kappa shape index (κ2) is 8.10. The number of rotatable bonds is 11. The smallest absolute Gasteiger partial charge is 0.0701 e. The van der Waals surface area contributed by atoms with Gasteiger partial charge < -0.3 is 19.9 Å². The highest BCUT2D eigenvalue weighted by atomic mass is 16.5. The summed E-state index contributed by atoms with van der Waals surface area (Å²) in [6.07, 6.45) is 3.42. The molecule has 0 aromatic carbocycles. The van der Waals surface area contributed by atoms with Crippen molar-refractivity contribution in [3.63, 3.8) is 0 Å². The number of ether oxygens (including phenoxy) is 2. The Bertz CT molecular complexity index is 219. The molecule has 1 fully saturated rings. The van der Waals surface area contributed by atoms with Gasteiger partial charge in [-0.3, -0.25) is 0 Å². The molecule has 1 atom stereocenters. The highest BCUT2D eigenvalue weighted by Gasteiger charge is 2.45. The Labute approximate surface area is 111 Å². The lowest BCUT2D eigenvalue weighted by atomic mass is 9.94. The van der Waals surface area contributed by atoms with Crippen LogP contribution in [0.3, 0.4) is 0 Å². The number of aliphatic hydroxyl groups is 1. The van der Waals surface area contributed by atoms with Crippen LogP contribution in [0.4, 0.5) is 0 Å². The van der Waals surface area contributed by atoms with E-state index in [-0.39, 0.29) is 12.1 Å². The van der Waals surface area contributed by atoms with E-state index in [1.165, 1.54) is 12.8 Å². The molecule has 0 aliphatic heterocycles. The van der Waals surface area contributed by atoms with Crippen LogP contribution in [0.25, 0.3) is 0 Å². The third kappa shape index (κ3) is 5.22. The predicted molar refractivity (Wildman–Crippen MR) is 72.7 cm³/mol. The second-order valence-electron chi connectivity index (χ2n) is 5.55. The van der Waals surface area contributed by atoms with Crippen molar-refractivity contribution in [2.75, 3.05) is 33.0 Å². The highest BCUT2D eigenvalue weighted by molar-refractivity contribution is 5.01. The Morgan fingerprint density at radius 1 is 1.22 bits per heavy atom. The number of aliphatic hydroxyl groups excluding tert-OH is 1. The maximum absolute atomic E-state index is 9.70. The van der Waals surface area contributed by atoms with Gasteiger partial charge in [0, 0.05) is 12.6 Å². The van der Waals surface area contributed by atoms with E-state index in [0.29, 0.717) is 31.8 Å². The molecule has 0 aromatic rings. The summed E-state index contributed by atoms with van der Waals surface area (Å²) in [5, 5.41) is 13.2.